The van der Waals surface area contributed by atoms with Gasteiger partial charge in [-0.2, -0.15) is 5.26 Å². The Hall–Kier alpha value is -2.06. The zero-order valence-electron chi connectivity index (χ0n) is 10.6. The summed E-state index contributed by atoms with van der Waals surface area (Å²) in [4.78, 5) is 4.34. The standard InChI is InChI=1S/C14H12BrN3O/c1-9-5-10(8-16)6-14(17-9)18-11-3-4-12(15)13(7-11)19-2/h3-7H,1-2H3,(H,17,18). The molecule has 0 amide bonds. The molecule has 96 valence electrons. The van der Waals surface area contributed by atoms with Gasteiger partial charge in [0.15, 0.2) is 0 Å². The van der Waals surface area contributed by atoms with Gasteiger partial charge in [-0.1, -0.05) is 0 Å². The van der Waals surface area contributed by atoms with Crippen LogP contribution >= 0.6 is 15.9 Å². The molecule has 1 heterocycles. The maximum Gasteiger partial charge on any atom is 0.135 e. The fraction of sp³-hybridized carbons (Fsp3) is 0.143. The lowest BCUT2D eigenvalue weighted by molar-refractivity contribution is 0.412. The van der Waals surface area contributed by atoms with Crippen LogP contribution < -0.4 is 10.1 Å². The summed E-state index contributed by atoms with van der Waals surface area (Å²) >= 11 is 3.40. The third-order valence-electron chi connectivity index (χ3n) is 2.51. The molecule has 0 spiro atoms. The van der Waals surface area contributed by atoms with Crippen molar-refractivity contribution in [1.29, 1.82) is 5.26 Å². The summed E-state index contributed by atoms with van der Waals surface area (Å²) < 4.78 is 6.12. The summed E-state index contributed by atoms with van der Waals surface area (Å²) in [5.41, 5.74) is 2.23. The first-order valence-electron chi connectivity index (χ1n) is 5.61. The van der Waals surface area contributed by atoms with Crippen LogP contribution in [-0.4, -0.2) is 12.1 Å². The lowest BCUT2D eigenvalue weighted by Crippen LogP contribution is -1.97. The Bertz CT molecular complexity index is 650. The maximum absolute atomic E-state index is 8.94. The van der Waals surface area contributed by atoms with E-state index in [0.29, 0.717) is 11.4 Å². The van der Waals surface area contributed by atoms with Crippen molar-refractivity contribution in [2.75, 3.05) is 12.4 Å². The number of methoxy groups -OCH3 is 1. The third-order valence-corrected chi connectivity index (χ3v) is 3.16. The molecule has 0 radical (unpaired) electrons. The Morgan fingerprint density at radius 2 is 2.11 bits per heavy atom. The Balaban J connectivity index is 2.31. The number of halogens is 1. The smallest absolute Gasteiger partial charge is 0.135 e. The van der Waals surface area contributed by atoms with Crippen molar-refractivity contribution < 1.29 is 4.74 Å². The van der Waals surface area contributed by atoms with Gasteiger partial charge >= 0.3 is 0 Å². The van der Waals surface area contributed by atoms with Gasteiger partial charge in [-0.15, -0.1) is 0 Å². The lowest BCUT2D eigenvalue weighted by atomic mass is 10.2. The van der Waals surface area contributed by atoms with Crippen molar-refractivity contribution in [3.8, 4) is 11.8 Å². The second kappa shape index (κ2) is 5.72. The number of rotatable bonds is 3. The Morgan fingerprint density at radius 1 is 1.32 bits per heavy atom. The van der Waals surface area contributed by atoms with Crippen molar-refractivity contribution in [3.63, 3.8) is 0 Å². The number of nitriles is 1. The van der Waals surface area contributed by atoms with Gasteiger partial charge in [0.1, 0.15) is 11.6 Å². The van der Waals surface area contributed by atoms with E-state index >= 15 is 0 Å². The van der Waals surface area contributed by atoms with Crippen molar-refractivity contribution in [1.82, 2.24) is 4.98 Å². The highest BCUT2D eigenvalue weighted by Crippen LogP contribution is 2.29. The molecule has 0 saturated heterocycles. The largest absolute Gasteiger partial charge is 0.495 e. The molecule has 1 aromatic carbocycles. The van der Waals surface area contributed by atoms with Crippen LogP contribution in [0, 0.1) is 18.3 Å². The minimum absolute atomic E-state index is 0.582. The summed E-state index contributed by atoms with van der Waals surface area (Å²) in [6.07, 6.45) is 0. The molecular formula is C14H12BrN3O. The molecule has 0 bridgehead atoms. The first kappa shape index (κ1) is 13.4. The quantitative estimate of drug-likeness (QED) is 0.936. The zero-order valence-corrected chi connectivity index (χ0v) is 12.2. The number of anilines is 2. The van der Waals surface area contributed by atoms with Crippen LogP contribution in [-0.2, 0) is 0 Å². The highest BCUT2D eigenvalue weighted by atomic mass is 79.9. The monoisotopic (exact) mass is 317 g/mol. The topological polar surface area (TPSA) is 57.9 Å². The molecule has 0 atom stereocenters. The van der Waals surface area contributed by atoms with E-state index in [-0.39, 0.29) is 0 Å². The molecule has 19 heavy (non-hydrogen) atoms. The van der Waals surface area contributed by atoms with Gasteiger partial charge in [0.05, 0.1) is 23.2 Å². The normalized spacial score (nSPS) is 9.79. The fourth-order valence-corrected chi connectivity index (χ4v) is 2.09. The van der Waals surface area contributed by atoms with Gasteiger partial charge in [0, 0.05) is 17.4 Å². The molecule has 4 nitrogen and oxygen atoms in total. The molecule has 2 rings (SSSR count). The van der Waals surface area contributed by atoms with Crippen LogP contribution in [0.15, 0.2) is 34.8 Å². The number of ether oxygens (including phenoxy) is 1. The van der Waals surface area contributed by atoms with Crippen LogP contribution in [0.2, 0.25) is 0 Å². The molecule has 0 fully saturated rings. The van der Waals surface area contributed by atoms with Gasteiger partial charge in [0.2, 0.25) is 0 Å². The molecular weight excluding hydrogens is 306 g/mol. The Kier molecular flexibility index (Phi) is 4.03. The van der Waals surface area contributed by atoms with E-state index in [1.165, 1.54) is 0 Å². The maximum atomic E-state index is 8.94. The van der Waals surface area contributed by atoms with E-state index in [1.807, 2.05) is 25.1 Å². The highest BCUT2D eigenvalue weighted by Gasteiger charge is 2.04. The average molecular weight is 318 g/mol. The van der Waals surface area contributed by atoms with Crippen LogP contribution in [0.1, 0.15) is 11.3 Å². The van der Waals surface area contributed by atoms with Crippen LogP contribution in [0.3, 0.4) is 0 Å². The second-order valence-electron chi connectivity index (χ2n) is 3.97. The summed E-state index contributed by atoms with van der Waals surface area (Å²) in [6.45, 7) is 1.86. The number of nitrogens with one attached hydrogen (secondary N) is 1. The van der Waals surface area contributed by atoms with E-state index in [0.717, 1.165) is 21.6 Å². The minimum Gasteiger partial charge on any atom is -0.495 e. The van der Waals surface area contributed by atoms with Gasteiger partial charge < -0.3 is 10.1 Å². The van der Waals surface area contributed by atoms with Crippen LogP contribution in [0.25, 0.3) is 0 Å². The average Bonchev–Trinajstić information content (AvgIpc) is 2.40. The van der Waals surface area contributed by atoms with Crippen LogP contribution in [0.4, 0.5) is 11.5 Å². The van der Waals surface area contributed by atoms with Gasteiger partial charge in [-0.3, -0.25) is 0 Å². The van der Waals surface area contributed by atoms with Crippen molar-refractivity contribution in [2.24, 2.45) is 0 Å². The first-order chi connectivity index (χ1) is 9.12. The van der Waals surface area contributed by atoms with Crippen molar-refractivity contribution in [3.05, 3.63) is 46.1 Å². The molecule has 5 heteroatoms. The number of hydrogen-bond acceptors (Lipinski definition) is 4. The molecule has 1 aromatic heterocycles. The summed E-state index contributed by atoms with van der Waals surface area (Å²) in [5, 5.41) is 12.1. The predicted molar refractivity (Wildman–Crippen MR) is 77.7 cm³/mol. The molecule has 0 unspecified atom stereocenters. The molecule has 0 saturated carbocycles. The molecule has 1 N–H and O–H groups in total. The van der Waals surface area contributed by atoms with Crippen LogP contribution in [0.5, 0.6) is 5.75 Å². The SMILES string of the molecule is COc1cc(Nc2cc(C#N)cc(C)n2)ccc1Br. The number of pyridine rings is 1. The zero-order chi connectivity index (χ0) is 13.8. The first-order valence-corrected chi connectivity index (χ1v) is 6.41. The van der Waals surface area contributed by atoms with Gasteiger partial charge in [-0.05, 0) is 47.1 Å². The number of aryl methyl sites for hydroxylation is 1. The summed E-state index contributed by atoms with van der Waals surface area (Å²) in [7, 11) is 1.61. The molecule has 0 aliphatic heterocycles. The number of nitrogens with zero attached hydrogens (tertiary/aromatic N) is 2. The number of aromatic nitrogens is 1. The van der Waals surface area contributed by atoms with E-state index in [4.69, 9.17) is 10.00 Å². The minimum atomic E-state index is 0.582. The fourth-order valence-electron chi connectivity index (χ4n) is 1.68. The molecule has 2 aromatic rings. The van der Waals surface area contributed by atoms with Gasteiger partial charge in [0.25, 0.3) is 0 Å². The lowest BCUT2D eigenvalue weighted by Gasteiger charge is -2.09. The van der Waals surface area contributed by atoms with E-state index < -0.39 is 0 Å². The predicted octanol–water partition coefficient (Wildman–Crippen LogP) is 3.78. The van der Waals surface area contributed by atoms with Gasteiger partial charge in [-0.25, -0.2) is 4.98 Å². The number of hydrogen-bond donors (Lipinski definition) is 1. The third kappa shape index (κ3) is 3.24. The van der Waals surface area contributed by atoms with E-state index in [1.54, 1.807) is 19.2 Å². The van der Waals surface area contributed by atoms with Crippen molar-refractivity contribution in [2.45, 2.75) is 6.92 Å². The second-order valence-corrected chi connectivity index (χ2v) is 4.82. The summed E-state index contributed by atoms with van der Waals surface area (Å²) in [6, 6.07) is 11.2. The van der Waals surface area contributed by atoms with E-state index in [2.05, 4.69) is 32.3 Å². The van der Waals surface area contributed by atoms with E-state index in [9.17, 15) is 0 Å². The summed E-state index contributed by atoms with van der Waals surface area (Å²) in [5.74, 6) is 1.37. The molecule has 0 aliphatic rings. The van der Waals surface area contributed by atoms with Crippen molar-refractivity contribution >= 4 is 27.4 Å². The molecule has 0 aliphatic carbocycles. The Labute approximate surface area is 120 Å². The Morgan fingerprint density at radius 3 is 2.79 bits per heavy atom. The number of benzene rings is 1. The highest BCUT2D eigenvalue weighted by molar-refractivity contribution is 9.10.